The molecule has 0 aromatic carbocycles. The van der Waals surface area contributed by atoms with Crippen LogP contribution in [0.5, 0.6) is 0 Å². The Bertz CT molecular complexity index is 558. The number of halogens is 6. The summed E-state index contributed by atoms with van der Waals surface area (Å²) in [5.41, 5.74) is -3.68. The number of nitriles is 1. The van der Waals surface area contributed by atoms with Gasteiger partial charge in [-0.1, -0.05) is 0 Å². The van der Waals surface area contributed by atoms with Crippen molar-refractivity contribution in [1.82, 2.24) is 4.98 Å². The largest absolute Gasteiger partial charge is 0.404 e. The molecule has 0 spiro atoms. The summed E-state index contributed by atoms with van der Waals surface area (Å²) in [6.07, 6.45) is -10.7. The Labute approximate surface area is 115 Å². The van der Waals surface area contributed by atoms with Crippen LogP contribution in [0.15, 0.2) is 18.3 Å². The molecule has 1 aliphatic heterocycles. The Morgan fingerprint density at radius 1 is 1.19 bits per heavy atom. The van der Waals surface area contributed by atoms with Gasteiger partial charge in [0.05, 0.1) is 0 Å². The molecule has 1 aromatic rings. The van der Waals surface area contributed by atoms with Crippen molar-refractivity contribution in [3.05, 3.63) is 24.0 Å². The van der Waals surface area contributed by atoms with Crippen LogP contribution in [-0.2, 0) is 0 Å². The van der Waals surface area contributed by atoms with E-state index in [2.05, 4.69) is 4.98 Å². The summed E-state index contributed by atoms with van der Waals surface area (Å²) in [6.45, 7) is -1.61. The molecule has 2 rings (SSSR count). The highest BCUT2D eigenvalue weighted by Crippen LogP contribution is 2.55. The average molecular weight is 309 g/mol. The van der Waals surface area contributed by atoms with Gasteiger partial charge in [-0.2, -0.15) is 31.6 Å². The lowest BCUT2D eigenvalue weighted by molar-refractivity contribution is -0.332. The van der Waals surface area contributed by atoms with E-state index < -0.39 is 37.3 Å². The topological polar surface area (TPSA) is 39.9 Å². The Kier molecular flexibility index (Phi) is 3.51. The van der Waals surface area contributed by atoms with E-state index in [0.29, 0.717) is 0 Å². The van der Waals surface area contributed by atoms with E-state index in [1.54, 1.807) is 6.07 Å². The van der Waals surface area contributed by atoms with Crippen molar-refractivity contribution in [3.8, 4) is 6.07 Å². The van der Waals surface area contributed by atoms with Gasteiger partial charge < -0.3 is 4.90 Å². The first-order valence-corrected chi connectivity index (χ1v) is 5.85. The molecule has 1 aromatic heterocycles. The number of hydrogen-bond acceptors (Lipinski definition) is 3. The molecule has 0 bridgehead atoms. The van der Waals surface area contributed by atoms with Gasteiger partial charge in [0.25, 0.3) is 0 Å². The SMILES string of the molecule is N#Cc1cc(N2CCC(C(F)(F)F)(C(F)(F)F)C2)ccn1. The first-order valence-electron chi connectivity index (χ1n) is 5.85. The molecule has 2 heterocycles. The van der Waals surface area contributed by atoms with Crippen LogP contribution < -0.4 is 4.90 Å². The summed E-state index contributed by atoms with van der Waals surface area (Å²) in [7, 11) is 0. The molecule has 1 fully saturated rings. The molecule has 0 aliphatic carbocycles. The molecule has 114 valence electrons. The second-order valence-corrected chi connectivity index (χ2v) is 4.76. The van der Waals surface area contributed by atoms with Crippen LogP contribution in [-0.4, -0.2) is 30.4 Å². The third-order valence-corrected chi connectivity index (χ3v) is 3.58. The van der Waals surface area contributed by atoms with E-state index in [4.69, 9.17) is 5.26 Å². The Hall–Kier alpha value is -1.98. The lowest BCUT2D eigenvalue weighted by Gasteiger charge is -2.33. The van der Waals surface area contributed by atoms with Crippen molar-refractivity contribution in [3.63, 3.8) is 0 Å². The summed E-state index contributed by atoms with van der Waals surface area (Å²) in [4.78, 5) is 4.61. The van der Waals surface area contributed by atoms with E-state index in [1.165, 1.54) is 18.3 Å². The summed E-state index contributed by atoms with van der Waals surface area (Å²) in [6, 6.07) is 4.14. The fourth-order valence-electron chi connectivity index (χ4n) is 2.33. The van der Waals surface area contributed by atoms with Crippen LogP contribution in [0.25, 0.3) is 0 Å². The van der Waals surface area contributed by atoms with Gasteiger partial charge in [0.15, 0.2) is 5.41 Å². The van der Waals surface area contributed by atoms with Crippen molar-refractivity contribution in [1.29, 1.82) is 5.26 Å². The molecule has 0 atom stereocenters. The maximum Gasteiger partial charge on any atom is 0.404 e. The maximum atomic E-state index is 12.9. The van der Waals surface area contributed by atoms with Crippen molar-refractivity contribution < 1.29 is 26.3 Å². The van der Waals surface area contributed by atoms with Gasteiger partial charge in [-0.25, -0.2) is 4.98 Å². The first kappa shape index (κ1) is 15.4. The van der Waals surface area contributed by atoms with Gasteiger partial charge in [0, 0.05) is 25.0 Å². The highest BCUT2D eigenvalue weighted by atomic mass is 19.4. The summed E-state index contributed by atoms with van der Waals surface area (Å²) < 4.78 is 77.6. The van der Waals surface area contributed by atoms with Crippen LogP contribution in [0, 0.1) is 16.7 Å². The number of alkyl halides is 6. The summed E-state index contributed by atoms with van der Waals surface area (Å²) in [5.74, 6) is 0. The van der Waals surface area contributed by atoms with Crippen LogP contribution in [0.1, 0.15) is 12.1 Å². The predicted octanol–water partition coefficient (Wildman–Crippen LogP) is 3.27. The molecule has 1 aliphatic rings. The minimum Gasteiger partial charge on any atom is -0.370 e. The number of nitrogens with zero attached hydrogens (tertiary/aromatic N) is 3. The fourth-order valence-corrected chi connectivity index (χ4v) is 2.33. The van der Waals surface area contributed by atoms with E-state index in [9.17, 15) is 26.3 Å². The van der Waals surface area contributed by atoms with Gasteiger partial charge in [-0.05, 0) is 18.6 Å². The molecule has 0 unspecified atom stereocenters. The third-order valence-electron chi connectivity index (χ3n) is 3.58. The molecule has 9 heteroatoms. The van der Waals surface area contributed by atoms with Crippen molar-refractivity contribution in [2.24, 2.45) is 5.41 Å². The molecular formula is C12H9F6N3. The van der Waals surface area contributed by atoms with Crippen molar-refractivity contribution >= 4 is 5.69 Å². The zero-order chi connectivity index (χ0) is 15.9. The zero-order valence-corrected chi connectivity index (χ0v) is 10.5. The smallest absolute Gasteiger partial charge is 0.370 e. The lowest BCUT2D eigenvalue weighted by Crippen LogP contribution is -2.51. The monoisotopic (exact) mass is 309 g/mol. The second-order valence-electron chi connectivity index (χ2n) is 4.76. The minimum atomic E-state index is -5.38. The fraction of sp³-hybridized carbons (Fsp3) is 0.500. The first-order chi connectivity index (χ1) is 9.61. The molecule has 3 nitrogen and oxygen atoms in total. The Balaban J connectivity index is 2.35. The van der Waals surface area contributed by atoms with Crippen molar-refractivity contribution in [2.45, 2.75) is 18.8 Å². The average Bonchev–Trinajstić information content (AvgIpc) is 2.84. The van der Waals surface area contributed by atoms with Gasteiger partial charge in [-0.15, -0.1) is 0 Å². The zero-order valence-electron chi connectivity index (χ0n) is 10.5. The van der Waals surface area contributed by atoms with E-state index in [-0.39, 0.29) is 11.4 Å². The highest BCUT2D eigenvalue weighted by Gasteiger charge is 2.72. The van der Waals surface area contributed by atoms with Gasteiger partial charge in [0.1, 0.15) is 11.8 Å². The predicted molar refractivity (Wildman–Crippen MR) is 60.3 cm³/mol. The Morgan fingerprint density at radius 2 is 1.81 bits per heavy atom. The van der Waals surface area contributed by atoms with Crippen LogP contribution >= 0.6 is 0 Å². The van der Waals surface area contributed by atoms with Gasteiger partial charge in [-0.3, -0.25) is 0 Å². The highest BCUT2D eigenvalue weighted by molar-refractivity contribution is 5.50. The number of anilines is 1. The molecule has 21 heavy (non-hydrogen) atoms. The molecule has 0 saturated carbocycles. The third kappa shape index (κ3) is 2.50. The van der Waals surface area contributed by atoms with Gasteiger partial charge >= 0.3 is 12.4 Å². The lowest BCUT2D eigenvalue weighted by atomic mass is 9.85. The number of rotatable bonds is 1. The van der Waals surface area contributed by atoms with Crippen LogP contribution in [0.4, 0.5) is 32.0 Å². The number of hydrogen-bond donors (Lipinski definition) is 0. The van der Waals surface area contributed by atoms with E-state index in [0.717, 1.165) is 4.90 Å². The van der Waals surface area contributed by atoms with Crippen molar-refractivity contribution in [2.75, 3.05) is 18.0 Å². The Morgan fingerprint density at radius 3 is 2.29 bits per heavy atom. The molecule has 0 N–H and O–H groups in total. The molecule has 0 radical (unpaired) electrons. The standard InChI is InChI=1S/C12H9F6N3/c13-11(14,15)10(12(16,17)18)2-4-21(7-10)9-1-3-20-8(5-9)6-19/h1,3,5H,2,4,7H2. The quantitative estimate of drug-likeness (QED) is 0.748. The molecule has 1 saturated heterocycles. The number of aromatic nitrogens is 1. The summed E-state index contributed by atoms with van der Waals surface area (Å²) in [5, 5.41) is 8.68. The van der Waals surface area contributed by atoms with E-state index in [1.807, 2.05) is 0 Å². The number of pyridine rings is 1. The second kappa shape index (κ2) is 4.79. The normalized spacial score (nSPS) is 18.6. The molecule has 0 amide bonds. The minimum absolute atomic E-state index is 0.0657. The van der Waals surface area contributed by atoms with Crippen LogP contribution in [0.2, 0.25) is 0 Å². The molecular weight excluding hydrogens is 300 g/mol. The maximum absolute atomic E-state index is 12.9. The van der Waals surface area contributed by atoms with Gasteiger partial charge in [0.2, 0.25) is 0 Å². The van der Waals surface area contributed by atoms with Crippen LogP contribution in [0.3, 0.4) is 0 Å². The summed E-state index contributed by atoms with van der Waals surface area (Å²) >= 11 is 0. The van der Waals surface area contributed by atoms with E-state index >= 15 is 0 Å².